The number of hydrogen-bond donors (Lipinski definition) is 0. The van der Waals surface area contributed by atoms with Crippen LogP contribution in [0.4, 0.5) is 0 Å². The van der Waals surface area contributed by atoms with Gasteiger partial charge in [0.05, 0.1) is 0 Å². The molecule has 94 valence electrons. The van der Waals surface area contributed by atoms with Crippen molar-refractivity contribution in [1.82, 2.24) is 15.0 Å². The van der Waals surface area contributed by atoms with Gasteiger partial charge in [0.2, 0.25) is 0 Å². The van der Waals surface area contributed by atoms with Gasteiger partial charge in [0.25, 0.3) is 0 Å². The summed E-state index contributed by atoms with van der Waals surface area (Å²) in [5.41, 5.74) is 3.82. The number of aromatic nitrogens is 3. The minimum atomic E-state index is 0.317. The van der Waals surface area contributed by atoms with E-state index in [0.29, 0.717) is 16.9 Å². The second-order valence-electron chi connectivity index (χ2n) is 4.71. The van der Waals surface area contributed by atoms with Crippen molar-refractivity contribution in [1.29, 1.82) is 0 Å². The Morgan fingerprint density at radius 2 is 1.89 bits per heavy atom. The van der Waals surface area contributed by atoms with E-state index in [2.05, 4.69) is 28.8 Å². The van der Waals surface area contributed by atoms with Gasteiger partial charge in [-0.2, -0.15) is 0 Å². The highest BCUT2D eigenvalue weighted by atomic mass is 35.5. The highest BCUT2D eigenvalue weighted by Gasteiger charge is 2.14. The van der Waals surface area contributed by atoms with E-state index in [0.717, 1.165) is 22.5 Å². The van der Waals surface area contributed by atoms with E-state index in [1.165, 1.54) is 0 Å². The minimum Gasteiger partial charge on any atom is -0.253 e. The van der Waals surface area contributed by atoms with E-state index in [-0.39, 0.29) is 0 Å². The van der Waals surface area contributed by atoms with Crippen molar-refractivity contribution < 1.29 is 0 Å². The molecule has 18 heavy (non-hydrogen) atoms. The SMILES string of the molecule is Cc1ccnc(-c2nc(C)c(C(C)C)c(Cl)n2)c1. The zero-order valence-corrected chi connectivity index (χ0v) is 11.8. The molecule has 0 aromatic carbocycles. The molecule has 2 rings (SSSR count). The molecule has 0 bridgehead atoms. The van der Waals surface area contributed by atoms with E-state index in [4.69, 9.17) is 11.6 Å². The lowest BCUT2D eigenvalue weighted by atomic mass is 10.0. The number of nitrogens with zero attached hydrogens (tertiary/aromatic N) is 3. The number of pyridine rings is 1. The number of hydrogen-bond acceptors (Lipinski definition) is 3. The molecule has 4 heteroatoms. The van der Waals surface area contributed by atoms with Crippen LogP contribution in [0, 0.1) is 13.8 Å². The maximum absolute atomic E-state index is 6.24. The van der Waals surface area contributed by atoms with E-state index < -0.39 is 0 Å². The van der Waals surface area contributed by atoms with E-state index >= 15 is 0 Å². The fourth-order valence-electron chi connectivity index (χ4n) is 1.98. The van der Waals surface area contributed by atoms with Crippen LogP contribution in [0.1, 0.15) is 36.6 Å². The standard InChI is InChI=1S/C14H16ClN3/c1-8(2)12-10(4)17-14(18-13(12)15)11-7-9(3)5-6-16-11/h5-8H,1-4H3. The molecule has 0 spiro atoms. The van der Waals surface area contributed by atoms with Crippen LogP contribution in [0.3, 0.4) is 0 Å². The molecule has 0 aliphatic heterocycles. The highest BCUT2D eigenvalue weighted by Crippen LogP contribution is 2.27. The zero-order valence-electron chi connectivity index (χ0n) is 11.0. The first kappa shape index (κ1) is 13.0. The quantitative estimate of drug-likeness (QED) is 0.769. The summed E-state index contributed by atoms with van der Waals surface area (Å²) >= 11 is 6.24. The van der Waals surface area contributed by atoms with E-state index in [9.17, 15) is 0 Å². The Morgan fingerprint density at radius 1 is 1.17 bits per heavy atom. The predicted molar refractivity (Wildman–Crippen MR) is 73.8 cm³/mol. The molecule has 0 radical (unpaired) electrons. The lowest BCUT2D eigenvalue weighted by Gasteiger charge is -2.12. The first-order chi connectivity index (χ1) is 8.49. The lowest BCUT2D eigenvalue weighted by Crippen LogP contribution is -2.02. The van der Waals surface area contributed by atoms with Crippen LogP contribution >= 0.6 is 11.6 Å². The van der Waals surface area contributed by atoms with Crippen molar-refractivity contribution >= 4 is 11.6 Å². The van der Waals surface area contributed by atoms with Crippen LogP contribution < -0.4 is 0 Å². The zero-order chi connectivity index (χ0) is 13.3. The molecule has 0 amide bonds. The monoisotopic (exact) mass is 261 g/mol. The Bertz CT molecular complexity index is 556. The molecular formula is C14H16ClN3. The van der Waals surface area contributed by atoms with Crippen LogP contribution in [-0.2, 0) is 0 Å². The van der Waals surface area contributed by atoms with Gasteiger partial charge in [-0.05, 0) is 37.5 Å². The number of halogens is 1. The average molecular weight is 262 g/mol. The second kappa shape index (κ2) is 5.02. The van der Waals surface area contributed by atoms with Crippen molar-refractivity contribution in [3.8, 4) is 11.5 Å². The average Bonchev–Trinajstić information content (AvgIpc) is 2.27. The summed E-state index contributed by atoms with van der Waals surface area (Å²) in [6, 6.07) is 3.90. The summed E-state index contributed by atoms with van der Waals surface area (Å²) in [7, 11) is 0. The van der Waals surface area contributed by atoms with Gasteiger partial charge < -0.3 is 0 Å². The Balaban J connectivity index is 2.55. The third-order valence-electron chi connectivity index (χ3n) is 2.81. The minimum absolute atomic E-state index is 0.317. The largest absolute Gasteiger partial charge is 0.253 e. The van der Waals surface area contributed by atoms with Crippen molar-refractivity contribution in [3.63, 3.8) is 0 Å². The molecule has 0 unspecified atom stereocenters. The van der Waals surface area contributed by atoms with Crippen molar-refractivity contribution in [2.24, 2.45) is 0 Å². The first-order valence-corrected chi connectivity index (χ1v) is 6.34. The lowest BCUT2D eigenvalue weighted by molar-refractivity contribution is 0.830. The molecule has 2 aromatic heterocycles. The maximum atomic E-state index is 6.24. The number of rotatable bonds is 2. The fourth-order valence-corrected chi connectivity index (χ4v) is 2.41. The smallest absolute Gasteiger partial charge is 0.179 e. The van der Waals surface area contributed by atoms with E-state index in [1.54, 1.807) is 6.20 Å². The van der Waals surface area contributed by atoms with Crippen LogP contribution in [0.5, 0.6) is 0 Å². The summed E-state index contributed by atoms with van der Waals surface area (Å²) in [5, 5.41) is 0.524. The van der Waals surface area contributed by atoms with Crippen molar-refractivity contribution in [3.05, 3.63) is 40.3 Å². The normalized spacial score (nSPS) is 11.0. The molecule has 0 atom stereocenters. The Kier molecular flexibility index (Phi) is 3.62. The Hall–Kier alpha value is -1.48. The van der Waals surface area contributed by atoms with Crippen LogP contribution in [0.15, 0.2) is 18.3 Å². The van der Waals surface area contributed by atoms with Gasteiger partial charge in [-0.1, -0.05) is 25.4 Å². The van der Waals surface area contributed by atoms with Gasteiger partial charge in [-0.15, -0.1) is 0 Å². The summed E-state index contributed by atoms with van der Waals surface area (Å²) in [5.74, 6) is 0.905. The van der Waals surface area contributed by atoms with Crippen LogP contribution in [0.2, 0.25) is 5.15 Å². The molecule has 0 N–H and O–H groups in total. The summed E-state index contributed by atoms with van der Waals surface area (Å²) in [4.78, 5) is 13.1. The third kappa shape index (κ3) is 2.51. The number of aryl methyl sites for hydroxylation is 2. The van der Waals surface area contributed by atoms with Crippen molar-refractivity contribution in [2.45, 2.75) is 33.6 Å². The summed E-state index contributed by atoms with van der Waals surface area (Å²) in [6.45, 7) is 8.15. The molecule has 0 fully saturated rings. The molecule has 3 nitrogen and oxygen atoms in total. The molecular weight excluding hydrogens is 246 g/mol. The predicted octanol–water partition coefficient (Wildman–Crippen LogP) is 3.93. The maximum Gasteiger partial charge on any atom is 0.179 e. The second-order valence-corrected chi connectivity index (χ2v) is 5.07. The van der Waals surface area contributed by atoms with Gasteiger partial charge >= 0.3 is 0 Å². The highest BCUT2D eigenvalue weighted by molar-refractivity contribution is 6.30. The van der Waals surface area contributed by atoms with Crippen molar-refractivity contribution in [2.75, 3.05) is 0 Å². The van der Waals surface area contributed by atoms with Gasteiger partial charge in [-0.3, -0.25) is 4.98 Å². The van der Waals surface area contributed by atoms with Gasteiger partial charge in [0, 0.05) is 17.5 Å². The van der Waals surface area contributed by atoms with Crippen LogP contribution in [-0.4, -0.2) is 15.0 Å². The molecule has 0 saturated heterocycles. The van der Waals surface area contributed by atoms with E-state index in [1.807, 2.05) is 26.0 Å². The first-order valence-electron chi connectivity index (χ1n) is 5.96. The topological polar surface area (TPSA) is 38.7 Å². The summed E-state index contributed by atoms with van der Waals surface area (Å²) in [6.07, 6.45) is 1.76. The fraction of sp³-hybridized carbons (Fsp3) is 0.357. The third-order valence-corrected chi connectivity index (χ3v) is 3.10. The Labute approximate surface area is 112 Å². The van der Waals surface area contributed by atoms with Crippen LogP contribution in [0.25, 0.3) is 11.5 Å². The molecule has 0 aliphatic rings. The summed E-state index contributed by atoms with van der Waals surface area (Å²) < 4.78 is 0. The van der Waals surface area contributed by atoms with Gasteiger partial charge in [0.1, 0.15) is 10.8 Å². The molecule has 0 aliphatic carbocycles. The Morgan fingerprint density at radius 3 is 2.44 bits per heavy atom. The van der Waals surface area contributed by atoms with Gasteiger partial charge in [-0.25, -0.2) is 9.97 Å². The molecule has 0 saturated carbocycles. The molecule has 2 aromatic rings. The van der Waals surface area contributed by atoms with Gasteiger partial charge in [0.15, 0.2) is 5.82 Å². The molecule has 2 heterocycles.